The number of ether oxygens (including phenoxy) is 1. The maximum absolute atomic E-state index is 11.2. The molecule has 0 unspecified atom stereocenters. The minimum Gasteiger partial charge on any atom is -0.493 e. The van der Waals surface area contributed by atoms with E-state index < -0.39 is 11.3 Å². The Morgan fingerprint density at radius 2 is 2.29 bits per heavy atom. The quantitative estimate of drug-likeness (QED) is 0.684. The number of fused-ring (bicyclic) bond motifs is 1. The maximum Gasteiger partial charge on any atom is 0.419 e. The summed E-state index contributed by atoms with van der Waals surface area (Å²) in [6, 6.07) is 1.50. The summed E-state index contributed by atoms with van der Waals surface area (Å²) >= 11 is 0. The van der Waals surface area contributed by atoms with E-state index in [1.165, 1.54) is 19.4 Å². The van der Waals surface area contributed by atoms with Gasteiger partial charge in [0, 0.05) is 12.3 Å². The van der Waals surface area contributed by atoms with Crippen LogP contribution in [0, 0.1) is 0 Å². The molecule has 2 heterocycles. The van der Waals surface area contributed by atoms with Crippen molar-refractivity contribution in [1.29, 1.82) is 0 Å². The lowest BCUT2D eigenvalue weighted by Crippen LogP contribution is -2.19. The van der Waals surface area contributed by atoms with Crippen molar-refractivity contribution in [1.82, 2.24) is 9.97 Å². The monoisotopic (exact) mass is 194 g/mol. The average molecular weight is 194 g/mol. The molecule has 0 aliphatic heterocycles. The highest BCUT2D eigenvalue weighted by atomic mass is 16.5. The van der Waals surface area contributed by atoms with Crippen LogP contribution < -0.4 is 16.1 Å². The van der Waals surface area contributed by atoms with Gasteiger partial charge in [-0.25, -0.2) is 9.78 Å². The van der Waals surface area contributed by atoms with Crippen LogP contribution in [0.25, 0.3) is 11.1 Å². The number of rotatable bonds is 1. The molecule has 0 aliphatic carbocycles. The predicted molar refractivity (Wildman–Crippen MR) is 47.5 cm³/mol. The number of aromatic nitrogens is 2. The highest BCUT2D eigenvalue weighted by Crippen LogP contribution is 2.18. The van der Waals surface area contributed by atoms with Crippen molar-refractivity contribution in [2.24, 2.45) is 0 Å². The third kappa shape index (κ3) is 1.17. The lowest BCUT2D eigenvalue weighted by atomic mass is 10.3. The largest absolute Gasteiger partial charge is 0.493 e. The molecular weight excluding hydrogens is 188 g/mol. The molecule has 0 aromatic carbocycles. The first-order valence-electron chi connectivity index (χ1n) is 3.78. The van der Waals surface area contributed by atoms with E-state index in [0.717, 1.165) is 0 Å². The van der Waals surface area contributed by atoms with Crippen LogP contribution >= 0.6 is 0 Å². The Morgan fingerprint density at radius 1 is 1.50 bits per heavy atom. The molecule has 2 rings (SSSR count). The zero-order valence-corrected chi connectivity index (χ0v) is 7.23. The minimum absolute atomic E-state index is 0.0453. The SMILES string of the molecule is COc1ccnc2c(=O)[nH]c(=O)oc12. The molecule has 0 saturated carbocycles. The van der Waals surface area contributed by atoms with Crippen LogP contribution in [0.3, 0.4) is 0 Å². The molecule has 0 saturated heterocycles. The van der Waals surface area contributed by atoms with Gasteiger partial charge in [-0.2, -0.15) is 0 Å². The summed E-state index contributed by atoms with van der Waals surface area (Å²) < 4.78 is 9.68. The van der Waals surface area contributed by atoms with Gasteiger partial charge in [-0.05, 0) is 0 Å². The van der Waals surface area contributed by atoms with Crippen LogP contribution in [0.1, 0.15) is 0 Å². The van der Waals surface area contributed by atoms with E-state index in [9.17, 15) is 9.59 Å². The van der Waals surface area contributed by atoms with Crippen LogP contribution in [-0.2, 0) is 0 Å². The van der Waals surface area contributed by atoms with Crippen LogP contribution in [0.4, 0.5) is 0 Å². The first kappa shape index (κ1) is 8.49. The summed E-state index contributed by atoms with van der Waals surface area (Å²) in [6.07, 6.45) is 1.40. The van der Waals surface area contributed by atoms with Gasteiger partial charge in [0.25, 0.3) is 5.56 Å². The molecule has 0 radical (unpaired) electrons. The van der Waals surface area contributed by atoms with E-state index in [2.05, 4.69) is 4.98 Å². The minimum atomic E-state index is -0.825. The fraction of sp³-hybridized carbons (Fsp3) is 0.125. The second-order valence-electron chi connectivity index (χ2n) is 2.53. The van der Waals surface area contributed by atoms with Gasteiger partial charge in [-0.15, -0.1) is 0 Å². The van der Waals surface area contributed by atoms with Gasteiger partial charge in [0.1, 0.15) is 0 Å². The zero-order chi connectivity index (χ0) is 10.1. The predicted octanol–water partition coefficient (Wildman–Crippen LogP) is -0.115. The van der Waals surface area contributed by atoms with Crippen molar-refractivity contribution < 1.29 is 9.15 Å². The number of methoxy groups -OCH3 is 1. The Labute approximate surface area is 77.2 Å². The number of aromatic amines is 1. The number of nitrogens with one attached hydrogen (secondary N) is 1. The molecule has 2 aromatic rings. The summed E-state index contributed by atoms with van der Waals surface area (Å²) in [7, 11) is 1.41. The smallest absolute Gasteiger partial charge is 0.419 e. The molecule has 0 bridgehead atoms. The molecule has 72 valence electrons. The van der Waals surface area contributed by atoms with Crippen molar-refractivity contribution in [3.63, 3.8) is 0 Å². The topological polar surface area (TPSA) is 85.2 Å². The molecule has 2 aromatic heterocycles. The van der Waals surface area contributed by atoms with E-state index in [0.29, 0.717) is 5.75 Å². The first-order valence-corrected chi connectivity index (χ1v) is 3.78. The van der Waals surface area contributed by atoms with Crippen molar-refractivity contribution in [2.75, 3.05) is 7.11 Å². The van der Waals surface area contributed by atoms with Gasteiger partial charge >= 0.3 is 5.76 Å². The highest BCUT2D eigenvalue weighted by molar-refractivity contribution is 5.76. The van der Waals surface area contributed by atoms with E-state index in [4.69, 9.17) is 9.15 Å². The number of hydrogen-bond donors (Lipinski definition) is 1. The summed E-state index contributed by atoms with van der Waals surface area (Å²) in [5, 5.41) is 0. The standard InChI is InChI=1S/C8H6N2O4/c1-13-4-2-3-9-5-6(4)14-8(12)10-7(5)11/h2-3H,1H3,(H,10,11,12). The lowest BCUT2D eigenvalue weighted by molar-refractivity contribution is 0.403. The van der Waals surface area contributed by atoms with E-state index in [1.807, 2.05) is 4.98 Å². The Kier molecular flexibility index (Phi) is 1.81. The third-order valence-electron chi connectivity index (χ3n) is 1.71. The van der Waals surface area contributed by atoms with Crippen molar-refractivity contribution in [2.45, 2.75) is 0 Å². The Hall–Kier alpha value is -2.11. The second-order valence-corrected chi connectivity index (χ2v) is 2.53. The normalized spacial score (nSPS) is 10.4. The first-order chi connectivity index (χ1) is 6.72. The van der Waals surface area contributed by atoms with E-state index in [-0.39, 0.29) is 11.1 Å². The van der Waals surface area contributed by atoms with Crippen molar-refractivity contribution in [3.8, 4) is 5.75 Å². The molecule has 0 aliphatic rings. The molecule has 6 heteroatoms. The van der Waals surface area contributed by atoms with Gasteiger partial charge in [0.05, 0.1) is 7.11 Å². The fourth-order valence-electron chi connectivity index (χ4n) is 1.12. The van der Waals surface area contributed by atoms with Crippen LogP contribution in [-0.4, -0.2) is 17.1 Å². The highest BCUT2D eigenvalue weighted by Gasteiger charge is 2.08. The molecule has 6 nitrogen and oxygen atoms in total. The number of H-pyrrole nitrogens is 1. The van der Waals surface area contributed by atoms with Gasteiger partial charge in [-0.3, -0.25) is 9.78 Å². The number of hydrogen-bond acceptors (Lipinski definition) is 5. The van der Waals surface area contributed by atoms with Crippen molar-refractivity contribution >= 4 is 11.1 Å². The Bertz CT molecular complexity index is 584. The van der Waals surface area contributed by atoms with Crippen molar-refractivity contribution in [3.05, 3.63) is 33.2 Å². The summed E-state index contributed by atoms with van der Waals surface area (Å²) in [4.78, 5) is 27.8. The molecule has 0 atom stereocenters. The van der Waals surface area contributed by atoms with E-state index >= 15 is 0 Å². The summed E-state index contributed by atoms with van der Waals surface area (Å²) in [5.41, 5.74) is -0.483. The van der Waals surface area contributed by atoms with Gasteiger partial charge < -0.3 is 9.15 Å². The Morgan fingerprint density at radius 3 is 3.00 bits per heavy atom. The van der Waals surface area contributed by atoms with Crippen LogP contribution in [0.15, 0.2) is 26.3 Å². The van der Waals surface area contributed by atoms with Gasteiger partial charge in [0.15, 0.2) is 11.3 Å². The lowest BCUT2D eigenvalue weighted by Gasteiger charge is -2.00. The summed E-state index contributed by atoms with van der Waals surface area (Å²) in [5.74, 6) is -0.521. The molecule has 0 fully saturated rings. The fourth-order valence-corrected chi connectivity index (χ4v) is 1.12. The second kappa shape index (κ2) is 2.99. The molecule has 14 heavy (non-hydrogen) atoms. The van der Waals surface area contributed by atoms with Gasteiger partial charge in [-0.1, -0.05) is 0 Å². The number of pyridine rings is 1. The maximum atomic E-state index is 11.2. The Balaban J connectivity index is 3.01. The number of nitrogens with zero attached hydrogens (tertiary/aromatic N) is 1. The van der Waals surface area contributed by atoms with E-state index in [1.54, 1.807) is 0 Å². The zero-order valence-electron chi connectivity index (χ0n) is 7.23. The van der Waals surface area contributed by atoms with Crippen LogP contribution in [0.5, 0.6) is 5.75 Å². The van der Waals surface area contributed by atoms with Gasteiger partial charge in [0.2, 0.25) is 5.58 Å². The summed E-state index contributed by atoms with van der Waals surface area (Å²) in [6.45, 7) is 0. The molecular formula is C8H6N2O4. The molecule has 1 N–H and O–H groups in total. The van der Waals surface area contributed by atoms with Crippen LogP contribution in [0.2, 0.25) is 0 Å². The molecule has 0 amide bonds. The molecule has 0 spiro atoms. The third-order valence-corrected chi connectivity index (χ3v) is 1.71. The average Bonchev–Trinajstić information content (AvgIpc) is 2.17.